The Morgan fingerprint density at radius 1 is 1.21 bits per heavy atom. The number of amides is 2. The summed E-state index contributed by atoms with van der Waals surface area (Å²) in [6.45, 7) is 1.06. The number of nitriles is 1. The summed E-state index contributed by atoms with van der Waals surface area (Å²) >= 11 is 12.1. The summed E-state index contributed by atoms with van der Waals surface area (Å²) in [7, 11) is 0. The SMILES string of the molecule is N#CC[C@H](C(=O)NCc1ccc(Cl)c(Cl)c1)N1CCC(CCc2ccccc2)N2C[C@H](N)C[C@H]2C1=O.O=CO. The van der Waals surface area contributed by atoms with Crippen molar-refractivity contribution in [2.24, 2.45) is 5.73 Å². The van der Waals surface area contributed by atoms with Crippen LogP contribution < -0.4 is 11.1 Å². The smallest absolute Gasteiger partial charge is 0.290 e. The number of nitrogens with one attached hydrogen (secondary N) is 1. The second-order valence-electron chi connectivity index (χ2n) is 9.66. The molecule has 1 unspecified atom stereocenters. The number of benzene rings is 2. The Labute approximate surface area is 238 Å². The van der Waals surface area contributed by atoms with Gasteiger partial charge in [0.2, 0.25) is 11.8 Å². The first-order chi connectivity index (χ1) is 18.8. The number of aryl methyl sites for hydroxylation is 1. The van der Waals surface area contributed by atoms with Gasteiger partial charge in [-0.2, -0.15) is 5.26 Å². The Bertz CT molecular complexity index is 1180. The minimum absolute atomic E-state index is 0.0770. The van der Waals surface area contributed by atoms with Crippen molar-refractivity contribution in [1.29, 1.82) is 5.26 Å². The van der Waals surface area contributed by atoms with Gasteiger partial charge in [0, 0.05) is 31.7 Å². The van der Waals surface area contributed by atoms with Gasteiger partial charge >= 0.3 is 0 Å². The first-order valence-corrected chi connectivity index (χ1v) is 13.6. The van der Waals surface area contributed by atoms with Crippen LogP contribution in [0.25, 0.3) is 0 Å². The molecule has 2 amide bonds. The fraction of sp³-hybridized carbons (Fsp3) is 0.429. The zero-order chi connectivity index (χ0) is 28.4. The molecule has 0 bridgehead atoms. The van der Waals surface area contributed by atoms with Crippen molar-refractivity contribution in [1.82, 2.24) is 15.1 Å². The van der Waals surface area contributed by atoms with Crippen LogP contribution in [0.5, 0.6) is 0 Å². The van der Waals surface area contributed by atoms with E-state index < -0.39 is 6.04 Å². The lowest BCUT2D eigenvalue weighted by molar-refractivity contribution is -0.142. The van der Waals surface area contributed by atoms with Crippen molar-refractivity contribution in [3.05, 3.63) is 69.7 Å². The lowest BCUT2D eigenvalue weighted by atomic mass is 10.0. The maximum atomic E-state index is 13.7. The zero-order valence-corrected chi connectivity index (χ0v) is 23.0. The minimum atomic E-state index is -0.864. The van der Waals surface area contributed by atoms with E-state index in [0.717, 1.165) is 24.8 Å². The van der Waals surface area contributed by atoms with Crippen molar-refractivity contribution in [3.8, 4) is 6.07 Å². The van der Waals surface area contributed by atoms with Crippen molar-refractivity contribution >= 4 is 41.5 Å². The Kier molecular flexibility index (Phi) is 11.6. The number of nitrogens with zero attached hydrogens (tertiary/aromatic N) is 3. The maximum Gasteiger partial charge on any atom is 0.290 e. The molecule has 4 atom stereocenters. The van der Waals surface area contributed by atoms with Crippen LogP contribution >= 0.6 is 23.2 Å². The first-order valence-electron chi connectivity index (χ1n) is 12.8. The molecule has 0 spiro atoms. The standard InChI is InChI=1S/C27H31Cl2N5O2.CH2O2/c28-22-9-7-19(14-23(22)29)16-32-26(35)24(10-12-30)33-13-11-21(8-6-18-4-2-1-3-5-18)34-17-20(31)15-25(34)27(33)36;2-1-3/h1-5,7,9,14,20-21,24-25H,6,8,10-11,13,15-17,31H2,(H,32,35);1H,(H,2,3)/t20-,21?,24-,25+;/m1./s1. The predicted octanol–water partition coefficient (Wildman–Crippen LogP) is 3.23. The van der Waals surface area contributed by atoms with Crippen LogP contribution in [-0.2, 0) is 27.3 Å². The molecule has 2 aromatic rings. The number of carboxylic acid groups (broad SMARTS) is 1. The number of carbonyl (C=O) groups excluding carboxylic acids is 2. The minimum Gasteiger partial charge on any atom is -0.483 e. The summed E-state index contributed by atoms with van der Waals surface area (Å²) < 4.78 is 0. The number of hydrogen-bond donors (Lipinski definition) is 3. The Morgan fingerprint density at radius 2 is 1.92 bits per heavy atom. The lowest BCUT2D eigenvalue weighted by Crippen LogP contribution is -2.53. The third kappa shape index (κ3) is 8.16. The van der Waals surface area contributed by atoms with Crippen LogP contribution in [0.1, 0.15) is 36.8 Å². The fourth-order valence-electron chi connectivity index (χ4n) is 5.28. The lowest BCUT2D eigenvalue weighted by Gasteiger charge is -2.31. The largest absolute Gasteiger partial charge is 0.483 e. The molecule has 4 rings (SSSR count). The molecule has 2 aliphatic rings. The average molecular weight is 575 g/mol. The van der Waals surface area contributed by atoms with Gasteiger partial charge in [0.25, 0.3) is 6.47 Å². The Hall–Kier alpha value is -3.16. The van der Waals surface area contributed by atoms with Crippen LogP contribution in [0.4, 0.5) is 0 Å². The molecule has 0 aromatic heterocycles. The van der Waals surface area contributed by atoms with Gasteiger partial charge in [-0.25, -0.2) is 0 Å². The number of halogens is 2. The van der Waals surface area contributed by atoms with Crippen LogP contribution in [0.2, 0.25) is 10.0 Å². The van der Waals surface area contributed by atoms with Crippen LogP contribution in [0.3, 0.4) is 0 Å². The van der Waals surface area contributed by atoms with Crippen LogP contribution in [0, 0.1) is 11.3 Å². The number of carbonyl (C=O) groups is 3. The van der Waals surface area contributed by atoms with Crippen molar-refractivity contribution in [2.45, 2.75) is 62.8 Å². The first kappa shape index (κ1) is 30.4. The van der Waals surface area contributed by atoms with E-state index in [-0.39, 0.29) is 49.4 Å². The zero-order valence-electron chi connectivity index (χ0n) is 21.5. The number of nitrogens with two attached hydrogens (primary N) is 1. The topological polar surface area (TPSA) is 140 Å². The second kappa shape index (κ2) is 14.8. The molecule has 39 heavy (non-hydrogen) atoms. The van der Waals surface area contributed by atoms with Gasteiger partial charge < -0.3 is 21.1 Å². The molecular formula is C28H33Cl2N5O4. The average Bonchev–Trinajstić information content (AvgIpc) is 3.27. The molecule has 0 aliphatic carbocycles. The van der Waals surface area contributed by atoms with E-state index in [0.29, 0.717) is 29.6 Å². The summed E-state index contributed by atoms with van der Waals surface area (Å²) in [6.07, 6.45) is 3.02. The highest BCUT2D eigenvalue weighted by Crippen LogP contribution is 2.30. The molecule has 9 nitrogen and oxygen atoms in total. The number of hydrogen-bond acceptors (Lipinski definition) is 6. The fourth-order valence-corrected chi connectivity index (χ4v) is 5.60. The number of fused-ring (bicyclic) bond motifs is 1. The van der Waals surface area contributed by atoms with E-state index in [4.69, 9.17) is 38.8 Å². The van der Waals surface area contributed by atoms with Gasteiger partial charge in [0.15, 0.2) is 0 Å². The molecular weight excluding hydrogens is 541 g/mol. The molecule has 2 aliphatic heterocycles. The van der Waals surface area contributed by atoms with Crippen molar-refractivity contribution in [3.63, 3.8) is 0 Å². The molecule has 2 heterocycles. The van der Waals surface area contributed by atoms with Gasteiger partial charge in [-0.15, -0.1) is 0 Å². The monoisotopic (exact) mass is 573 g/mol. The summed E-state index contributed by atoms with van der Waals surface area (Å²) in [6, 6.07) is 16.4. The Balaban J connectivity index is 0.00000134. The molecule has 2 aromatic carbocycles. The van der Waals surface area contributed by atoms with E-state index in [1.807, 2.05) is 18.2 Å². The van der Waals surface area contributed by atoms with Gasteiger partial charge in [0.1, 0.15) is 6.04 Å². The third-order valence-corrected chi connectivity index (χ3v) is 7.87. The highest BCUT2D eigenvalue weighted by atomic mass is 35.5. The second-order valence-corrected chi connectivity index (χ2v) is 10.5. The summed E-state index contributed by atoms with van der Waals surface area (Å²) in [5.41, 5.74) is 8.33. The Morgan fingerprint density at radius 3 is 2.59 bits per heavy atom. The van der Waals surface area contributed by atoms with E-state index in [9.17, 15) is 14.9 Å². The van der Waals surface area contributed by atoms with Gasteiger partial charge in [-0.05, 0) is 48.9 Å². The molecule has 4 N–H and O–H groups in total. The maximum absolute atomic E-state index is 13.7. The third-order valence-electron chi connectivity index (χ3n) is 7.14. The van der Waals surface area contributed by atoms with E-state index in [1.54, 1.807) is 23.1 Å². The van der Waals surface area contributed by atoms with Gasteiger partial charge in [-0.3, -0.25) is 19.3 Å². The summed E-state index contributed by atoms with van der Waals surface area (Å²) in [5.74, 6) is -0.470. The van der Waals surface area contributed by atoms with E-state index in [1.165, 1.54) is 5.56 Å². The highest BCUT2D eigenvalue weighted by Gasteiger charge is 2.45. The van der Waals surface area contributed by atoms with Crippen molar-refractivity contribution in [2.75, 3.05) is 13.1 Å². The molecule has 208 valence electrons. The van der Waals surface area contributed by atoms with Gasteiger partial charge in [-0.1, -0.05) is 59.6 Å². The van der Waals surface area contributed by atoms with E-state index in [2.05, 4.69) is 28.4 Å². The number of rotatable bonds is 8. The normalized spacial score (nSPS) is 21.5. The van der Waals surface area contributed by atoms with Gasteiger partial charge in [0.05, 0.1) is 28.6 Å². The van der Waals surface area contributed by atoms with Crippen LogP contribution in [0.15, 0.2) is 48.5 Å². The summed E-state index contributed by atoms with van der Waals surface area (Å²) in [4.78, 5) is 39.1. The highest BCUT2D eigenvalue weighted by molar-refractivity contribution is 6.42. The van der Waals surface area contributed by atoms with Crippen LogP contribution in [-0.4, -0.2) is 70.4 Å². The molecule has 2 fully saturated rings. The molecule has 11 heteroatoms. The van der Waals surface area contributed by atoms with Crippen molar-refractivity contribution < 1.29 is 19.5 Å². The quantitative estimate of drug-likeness (QED) is 0.412. The molecule has 0 saturated carbocycles. The van der Waals surface area contributed by atoms with E-state index >= 15 is 0 Å². The summed E-state index contributed by atoms with van der Waals surface area (Å²) in [5, 5.41) is 20.1. The molecule has 0 radical (unpaired) electrons. The molecule has 2 saturated heterocycles. The predicted molar refractivity (Wildman–Crippen MR) is 149 cm³/mol.